The summed E-state index contributed by atoms with van der Waals surface area (Å²) in [4.78, 5) is 14.5. The van der Waals surface area contributed by atoms with Gasteiger partial charge >= 0.3 is 0 Å². The molecule has 1 unspecified atom stereocenters. The number of hydrogen-bond donors (Lipinski definition) is 2. The molecular formula is C20H29N5O2. The summed E-state index contributed by atoms with van der Waals surface area (Å²) in [5.74, 6) is 0.661. The van der Waals surface area contributed by atoms with Crippen LogP contribution < -0.4 is 15.4 Å². The van der Waals surface area contributed by atoms with Crippen LogP contribution in [0.2, 0.25) is 0 Å². The maximum atomic E-state index is 12.4. The van der Waals surface area contributed by atoms with Gasteiger partial charge in [-0.15, -0.1) is 0 Å². The van der Waals surface area contributed by atoms with Crippen LogP contribution in [0.3, 0.4) is 0 Å². The first kappa shape index (κ1) is 19.4. The fourth-order valence-corrected chi connectivity index (χ4v) is 3.09. The summed E-state index contributed by atoms with van der Waals surface area (Å²) >= 11 is 0. The van der Waals surface area contributed by atoms with Crippen molar-refractivity contribution in [3.63, 3.8) is 0 Å². The van der Waals surface area contributed by atoms with Crippen LogP contribution in [-0.4, -0.2) is 60.9 Å². The first-order valence-corrected chi connectivity index (χ1v) is 9.52. The Labute approximate surface area is 160 Å². The number of benzene rings is 1. The number of ether oxygens (including phenoxy) is 1. The molecule has 0 saturated carbocycles. The van der Waals surface area contributed by atoms with Gasteiger partial charge in [-0.1, -0.05) is 12.1 Å². The molecule has 1 amide bonds. The fraction of sp³-hybridized carbons (Fsp3) is 0.500. The highest BCUT2D eigenvalue weighted by Crippen LogP contribution is 2.16. The summed E-state index contributed by atoms with van der Waals surface area (Å²) in [5, 5.41) is 10.8. The van der Waals surface area contributed by atoms with Gasteiger partial charge in [0.1, 0.15) is 18.1 Å². The molecule has 27 heavy (non-hydrogen) atoms. The molecule has 0 aliphatic carbocycles. The third-order valence-electron chi connectivity index (χ3n) is 4.64. The Kier molecular flexibility index (Phi) is 6.84. The SMILES string of the molecule is CN(C)CCOc1cccc(CNC(=O)c2ccn(C3CCCNC3)n2)c1. The summed E-state index contributed by atoms with van der Waals surface area (Å²) in [6.07, 6.45) is 4.13. The van der Waals surface area contributed by atoms with Crippen molar-refractivity contribution in [2.24, 2.45) is 0 Å². The third kappa shape index (κ3) is 5.80. The molecular weight excluding hydrogens is 342 g/mol. The molecule has 1 aromatic heterocycles. The van der Waals surface area contributed by atoms with Crippen molar-refractivity contribution in [2.75, 3.05) is 40.3 Å². The molecule has 1 aliphatic heterocycles. The minimum atomic E-state index is -0.156. The van der Waals surface area contributed by atoms with E-state index in [9.17, 15) is 4.79 Å². The minimum Gasteiger partial charge on any atom is -0.492 e. The van der Waals surface area contributed by atoms with Crippen molar-refractivity contribution in [3.05, 3.63) is 47.8 Å². The van der Waals surface area contributed by atoms with Crippen molar-refractivity contribution in [3.8, 4) is 5.75 Å². The maximum absolute atomic E-state index is 12.4. The Morgan fingerprint density at radius 1 is 1.41 bits per heavy atom. The Morgan fingerprint density at radius 2 is 2.30 bits per heavy atom. The van der Waals surface area contributed by atoms with Gasteiger partial charge in [-0.3, -0.25) is 9.48 Å². The first-order valence-electron chi connectivity index (χ1n) is 9.52. The van der Waals surface area contributed by atoms with E-state index in [-0.39, 0.29) is 5.91 Å². The highest BCUT2D eigenvalue weighted by Gasteiger charge is 2.17. The van der Waals surface area contributed by atoms with E-state index in [2.05, 4.69) is 20.6 Å². The van der Waals surface area contributed by atoms with Crippen LogP contribution in [0, 0.1) is 0 Å². The number of nitrogens with zero attached hydrogens (tertiary/aromatic N) is 3. The van der Waals surface area contributed by atoms with Gasteiger partial charge in [0.2, 0.25) is 0 Å². The zero-order valence-electron chi connectivity index (χ0n) is 16.1. The van der Waals surface area contributed by atoms with E-state index in [0.717, 1.165) is 43.8 Å². The number of piperidine rings is 1. The number of hydrogen-bond acceptors (Lipinski definition) is 5. The molecule has 3 rings (SSSR count). The van der Waals surface area contributed by atoms with Gasteiger partial charge in [0, 0.05) is 25.8 Å². The van der Waals surface area contributed by atoms with Crippen LogP contribution in [0.15, 0.2) is 36.5 Å². The summed E-state index contributed by atoms with van der Waals surface area (Å²) in [5.41, 5.74) is 1.46. The molecule has 0 bridgehead atoms. The van der Waals surface area contributed by atoms with Gasteiger partial charge in [0.05, 0.1) is 6.04 Å². The third-order valence-corrected chi connectivity index (χ3v) is 4.64. The van der Waals surface area contributed by atoms with Crippen LogP contribution in [-0.2, 0) is 6.54 Å². The van der Waals surface area contributed by atoms with Crippen LogP contribution in [0.4, 0.5) is 0 Å². The normalized spacial score (nSPS) is 17.1. The molecule has 0 spiro atoms. The van der Waals surface area contributed by atoms with Gasteiger partial charge in [-0.2, -0.15) is 5.10 Å². The second-order valence-electron chi connectivity index (χ2n) is 7.16. The number of likely N-dealkylation sites (N-methyl/N-ethyl adjacent to an activating group) is 1. The second kappa shape index (κ2) is 9.53. The lowest BCUT2D eigenvalue weighted by Gasteiger charge is -2.22. The van der Waals surface area contributed by atoms with E-state index < -0.39 is 0 Å². The predicted octanol–water partition coefficient (Wildman–Crippen LogP) is 1.68. The molecule has 2 N–H and O–H groups in total. The highest BCUT2D eigenvalue weighted by molar-refractivity contribution is 5.92. The average molecular weight is 371 g/mol. The molecule has 1 aliphatic rings. The quantitative estimate of drug-likeness (QED) is 0.739. The molecule has 7 heteroatoms. The van der Waals surface area contributed by atoms with E-state index in [1.54, 1.807) is 6.07 Å². The average Bonchev–Trinajstić information content (AvgIpc) is 3.17. The molecule has 2 heterocycles. The standard InChI is InChI=1S/C20H29N5O2/c1-24(2)11-12-27-18-7-3-5-16(13-18)14-22-20(26)19-8-10-25(23-19)17-6-4-9-21-15-17/h3,5,7-8,10,13,17,21H,4,6,9,11-12,14-15H2,1-2H3,(H,22,26). The van der Waals surface area contributed by atoms with Crippen LogP contribution in [0.1, 0.15) is 34.9 Å². The van der Waals surface area contributed by atoms with Crippen molar-refractivity contribution < 1.29 is 9.53 Å². The van der Waals surface area contributed by atoms with Gasteiger partial charge in [-0.05, 0) is 57.2 Å². The van der Waals surface area contributed by atoms with E-state index in [1.807, 2.05) is 49.2 Å². The number of amides is 1. The van der Waals surface area contributed by atoms with Crippen molar-refractivity contribution in [2.45, 2.75) is 25.4 Å². The predicted molar refractivity (Wildman–Crippen MR) is 105 cm³/mol. The number of rotatable bonds is 8. The van der Waals surface area contributed by atoms with E-state index >= 15 is 0 Å². The Morgan fingerprint density at radius 3 is 3.07 bits per heavy atom. The van der Waals surface area contributed by atoms with Gasteiger partial charge < -0.3 is 20.3 Å². The number of nitrogens with one attached hydrogen (secondary N) is 2. The zero-order chi connectivity index (χ0) is 19.1. The van der Waals surface area contributed by atoms with Crippen molar-refractivity contribution >= 4 is 5.91 Å². The van der Waals surface area contributed by atoms with Gasteiger partial charge in [0.25, 0.3) is 5.91 Å². The lowest BCUT2D eigenvalue weighted by molar-refractivity contribution is 0.0944. The zero-order valence-corrected chi connectivity index (χ0v) is 16.1. The summed E-state index contributed by atoms with van der Waals surface area (Å²) < 4.78 is 7.65. The smallest absolute Gasteiger partial charge is 0.272 e. The molecule has 0 radical (unpaired) electrons. The Hall–Kier alpha value is -2.38. The van der Waals surface area contributed by atoms with E-state index in [1.165, 1.54) is 0 Å². The maximum Gasteiger partial charge on any atom is 0.272 e. The molecule has 146 valence electrons. The fourth-order valence-electron chi connectivity index (χ4n) is 3.09. The Balaban J connectivity index is 1.51. The Bertz CT molecular complexity index is 737. The lowest BCUT2D eigenvalue weighted by Crippen LogP contribution is -2.32. The topological polar surface area (TPSA) is 71.4 Å². The van der Waals surface area contributed by atoms with Crippen LogP contribution in [0.25, 0.3) is 0 Å². The van der Waals surface area contributed by atoms with Crippen LogP contribution in [0.5, 0.6) is 5.75 Å². The van der Waals surface area contributed by atoms with Crippen molar-refractivity contribution in [1.29, 1.82) is 0 Å². The molecule has 2 aromatic rings. The summed E-state index contributed by atoms with van der Waals surface area (Å²) in [6.45, 7) is 3.91. The molecule has 1 fully saturated rings. The van der Waals surface area contributed by atoms with Gasteiger partial charge in [0.15, 0.2) is 0 Å². The van der Waals surface area contributed by atoms with Gasteiger partial charge in [-0.25, -0.2) is 0 Å². The monoisotopic (exact) mass is 371 g/mol. The molecule has 1 saturated heterocycles. The molecule has 1 aromatic carbocycles. The summed E-state index contributed by atoms with van der Waals surface area (Å²) in [6, 6.07) is 9.92. The molecule has 1 atom stereocenters. The van der Waals surface area contributed by atoms with E-state index in [4.69, 9.17) is 4.74 Å². The first-order chi connectivity index (χ1) is 13.1. The van der Waals surface area contributed by atoms with Crippen LogP contribution >= 0.6 is 0 Å². The number of carbonyl (C=O) groups excluding carboxylic acids is 1. The summed E-state index contributed by atoms with van der Waals surface area (Å²) in [7, 11) is 4.03. The number of aromatic nitrogens is 2. The van der Waals surface area contributed by atoms with Crippen molar-refractivity contribution in [1.82, 2.24) is 25.3 Å². The minimum absolute atomic E-state index is 0.156. The molecule has 7 nitrogen and oxygen atoms in total. The highest BCUT2D eigenvalue weighted by atomic mass is 16.5. The second-order valence-corrected chi connectivity index (χ2v) is 7.16. The van der Waals surface area contributed by atoms with E-state index in [0.29, 0.717) is 24.9 Å². The largest absolute Gasteiger partial charge is 0.492 e. The lowest BCUT2D eigenvalue weighted by atomic mass is 10.1. The number of carbonyl (C=O) groups is 1.